The fourth-order valence-electron chi connectivity index (χ4n) is 3.31. The molecule has 0 spiro atoms. The summed E-state index contributed by atoms with van der Waals surface area (Å²) in [7, 11) is 0. The van der Waals surface area contributed by atoms with Gasteiger partial charge in [0.15, 0.2) is 6.10 Å². The Kier molecular flexibility index (Phi) is 7.66. The van der Waals surface area contributed by atoms with E-state index in [1.807, 2.05) is 61.5 Å². The maximum atomic E-state index is 12.9. The van der Waals surface area contributed by atoms with Gasteiger partial charge in [-0.25, -0.2) is 0 Å². The number of carbonyl (C=O) groups excluding carboxylic acids is 2. The van der Waals surface area contributed by atoms with Crippen LogP contribution in [0.15, 0.2) is 78.9 Å². The average molecular weight is 431 g/mol. The summed E-state index contributed by atoms with van der Waals surface area (Å²) in [4.78, 5) is 25.6. The first kappa shape index (κ1) is 23.1. The van der Waals surface area contributed by atoms with Gasteiger partial charge in [0.25, 0.3) is 11.8 Å². The normalized spacial score (nSPS) is 12.7. The molecule has 32 heavy (non-hydrogen) atoms. The summed E-state index contributed by atoms with van der Waals surface area (Å²) in [6.07, 6.45) is -0.723. The van der Waals surface area contributed by atoms with E-state index in [9.17, 15) is 9.59 Å². The lowest BCUT2D eigenvalue weighted by Crippen LogP contribution is -2.32. The largest absolute Gasteiger partial charge is 0.481 e. The predicted molar refractivity (Wildman–Crippen MR) is 128 cm³/mol. The molecule has 0 saturated heterocycles. The first-order valence-corrected chi connectivity index (χ1v) is 10.9. The van der Waals surface area contributed by atoms with Crippen molar-refractivity contribution >= 4 is 17.5 Å². The van der Waals surface area contributed by atoms with Crippen LogP contribution in [0.25, 0.3) is 0 Å². The molecular formula is C27H30N2O3. The summed E-state index contributed by atoms with van der Waals surface area (Å²) in [5.41, 5.74) is 3.06. The van der Waals surface area contributed by atoms with Gasteiger partial charge in [0, 0.05) is 0 Å². The third-order valence-electron chi connectivity index (χ3n) is 5.31. The molecule has 5 nitrogen and oxygen atoms in total. The number of ether oxygens (including phenoxy) is 1. The molecule has 2 N–H and O–H groups in total. The van der Waals surface area contributed by atoms with Gasteiger partial charge >= 0.3 is 0 Å². The second-order valence-corrected chi connectivity index (χ2v) is 8.12. The summed E-state index contributed by atoms with van der Waals surface area (Å²) in [6, 6.07) is 24.3. The smallest absolute Gasteiger partial charge is 0.265 e. The van der Waals surface area contributed by atoms with Crippen LogP contribution in [-0.2, 0) is 4.79 Å². The maximum Gasteiger partial charge on any atom is 0.265 e. The molecule has 0 fully saturated rings. The maximum absolute atomic E-state index is 12.9. The van der Waals surface area contributed by atoms with Gasteiger partial charge in [-0.05, 0) is 55.2 Å². The van der Waals surface area contributed by atoms with E-state index >= 15 is 0 Å². The summed E-state index contributed by atoms with van der Waals surface area (Å²) in [6.45, 7) is 7.86. The first-order chi connectivity index (χ1) is 15.3. The summed E-state index contributed by atoms with van der Waals surface area (Å²) in [5.74, 6) is 0.473. The van der Waals surface area contributed by atoms with Crippen molar-refractivity contribution in [2.24, 2.45) is 0 Å². The van der Waals surface area contributed by atoms with Gasteiger partial charge in [-0.3, -0.25) is 9.59 Å². The van der Waals surface area contributed by atoms with Crippen molar-refractivity contribution in [3.05, 3.63) is 95.6 Å². The molecule has 0 aliphatic carbocycles. The van der Waals surface area contributed by atoms with E-state index in [1.165, 1.54) is 5.56 Å². The van der Waals surface area contributed by atoms with Gasteiger partial charge in [0.05, 0.1) is 17.3 Å². The van der Waals surface area contributed by atoms with Gasteiger partial charge in [-0.15, -0.1) is 0 Å². The van der Waals surface area contributed by atoms with Crippen LogP contribution in [0.2, 0.25) is 0 Å². The number of anilines is 1. The predicted octanol–water partition coefficient (Wildman–Crippen LogP) is 5.71. The molecule has 3 aromatic rings. The zero-order valence-corrected chi connectivity index (χ0v) is 19.0. The van der Waals surface area contributed by atoms with Gasteiger partial charge in [0.1, 0.15) is 5.75 Å². The Morgan fingerprint density at radius 2 is 1.38 bits per heavy atom. The molecule has 0 bridgehead atoms. The number of benzene rings is 3. The zero-order chi connectivity index (χ0) is 23.1. The van der Waals surface area contributed by atoms with Crippen LogP contribution < -0.4 is 15.4 Å². The second-order valence-electron chi connectivity index (χ2n) is 8.12. The lowest BCUT2D eigenvalue weighted by molar-refractivity contribution is -0.122. The Labute approximate surface area is 189 Å². The molecule has 0 aliphatic rings. The van der Waals surface area contributed by atoms with E-state index in [2.05, 4.69) is 24.5 Å². The number of hydrogen-bond donors (Lipinski definition) is 2. The van der Waals surface area contributed by atoms with Crippen LogP contribution in [-0.4, -0.2) is 17.9 Å². The quantitative estimate of drug-likeness (QED) is 0.481. The van der Waals surface area contributed by atoms with Crippen LogP contribution in [0, 0.1) is 0 Å². The van der Waals surface area contributed by atoms with Gasteiger partial charge < -0.3 is 15.4 Å². The highest BCUT2D eigenvalue weighted by Gasteiger charge is 2.19. The van der Waals surface area contributed by atoms with Crippen molar-refractivity contribution in [1.82, 2.24) is 5.32 Å². The molecule has 0 aliphatic heterocycles. The van der Waals surface area contributed by atoms with Gasteiger partial charge in [-0.1, -0.05) is 68.4 Å². The second kappa shape index (κ2) is 10.6. The van der Waals surface area contributed by atoms with Crippen LogP contribution in [0.1, 0.15) is 61.1 Å². The Bertz CT molecular complexity index is 1050. The molecule has 5 heteroatoms. The number of amides is 2. The number of carbonyl (C=O) groups is 2. The van der Waals surface area contributed by atoms with Crippen molar-refractivity contribution in [3.8, 4) is 5.75 Å². The number of nitrogens with one attached hydrogen (secondary N) is 2. The molecule has 0 heterocycles. The molecule has 0 radical (unpaired) electrons. The Morgan fingerprint density at radius 3 is 2.03 bits per heavy atom. The molecule has 2 atom stereocenters. The fraction of sp³-hybridized carbons (Fsp3) is 0.259. The van der Waals surface area contributed by atoms with E-state index in [0.29, 0.717) is 22.9 Å². The molecule has 0 saturated carbocycles. The van der Waals surface area contributed by atoms with E-state index in [-0.39, 0.29) is 17.9 Å². The van der Waals surface area contributed by atoms with Crippen molar-refractivity contribution in [3.63, 3.8) is 0 Å². The lowest BCUT2D eigenvalue weighted by atomic mass is 10.0. The van der Waals surface area contributed by atoms with Crippen LogP contribution in [0.5, 0.6) is 5.75 Å². The molecule has 3 aromatic carbocycles. The Morgan fingerprint density at radius 1 is 0.750 bits per heavy atom. The highest BCUT2D eigenvalue weighted by atomic mass is 16.5. The molecular weight excluding hydrogens is 400 g/mol. The summed E-state index contributed by atoms with van der Waals surface area (Å²) < 4.78 is 5.79. The molecule has 0 aromatic heterocycles. The fourth-order valence-corrected chi connectivity index (χ4v) is 3.31. The van der Waals surface area contributed by atoms with Gasteiger partial charge in [-0.2, -0.15) is 0 Å². The SMILES string of the molecule is CC(Oc1ccc(C(C)C)cc1)C(=O)Nc1ccccc1C(=O)NC(C)c1ccccc1. The number of para-hydroxylation sites is 1. The van der Waals surface area contributed by atoms with Crippen LogP contribution in [0.3, 0.4) is 0 Å². The first-order valence-electron chi connectivity index (χ1n) is 10.9. The number of rotatable bonds is 8. The highest BCUT2D eigenvalue weighted by molar-refractivity contribution is 6.04. The van der Waals surface area contributed by atoms with Crippen LogP contribution >= 0.6 is 0 Å². The monoisotopic (exact) mass is 430 g/mol. The van der Waals surface area contributed by atoms with Crippen molar-refractivity contribution in [2.45, 2.75) is 45.8 Å². The zero-order valence-electron chi connectivity index (χ0n) is 19.0. The van der Waals surface area contributed by atoms with E-state index in [0.717, 1.165) is 5.56 Å². The topological polar surface area (TPSA) is 67.4 Å². The molecule has 2 unspecified atom stereocenters. The molecule has 166 valence electrons. The third kappa shape index (κ3) is 5.97. The average Bonchev–Trinajstić information content (AvgIpc) is 2.80. The Hall–Kier alpha value is -3.60. The van der Waals surface area contributed by atoms with E-state index in [4.69, 9.17) is 4.74 Å². The lowest BCUT2D eigenvalue weighted by Gasteiger charge is -2.18. The van der Waals surface area contributed by atoms with E-state index in [1.54, 1.807) is 31.2 Å². The minimum absolute atomic E-state index is 0.163. The third-order valence-corrected chi connectivity index (χ3v) is 5.31. The highest BCUT2D eigenvalue weighted by Crippen LogP contribution is 2.21. The van der Waals surface area contributed by atoms with E-state index < -0.39 is 6.10 Å². The van der Waals surface area contributed by atoms with Crippen molar-refractivity contribution < 1.29 is 14.3 Å². The summed E-state index contributed by atoms with van der Waals surface area (Å²) in [5, 5.41) is 5.82. The van der Waals surface area contributed by atoms with Crippen LogP contribution in [0.4, 0.5) is 5.69 Å². The molecule has 2 amide bonds. The standard InChI is InChI=1S/C27H30N2O3/c1-18(2)21-14-16-23(17-15-21)32-20(4)26(30)29-25-13-9-8-12-24(25)27(31)28-19(3)22-10-6-5-7-11-22/h5-20H,1-4H3,(H,28,31)(H,29,30). The number of hydrogen-bond acceptors (Lipinski definition) is 3. The molecule has 3 rings (SSSR count). The Balaban J connectivity index is 1.65. The minimum Gasteiger partial charge on any atom is -0.481 e. The van der Waals surface area contributed by atoms with Gasteiger partial charge in [0.2, 0.25) is 0 Å². The minimum atomic E-state index is -0.723. The van der Waals surface area contributed by atoms with Crippen molar-refractivity contribution in [1.29, 1.82) is 0 Å². The summed E-state index contributed by atoms with van der Waals surface area (Å²) >= 11 is 0. The van der Waals surface area contributed by atoms with Crippen molar-refractivity contribution in [2.75, 3.05) is 5.32 Å².